The molecule has 3 heteroatoms. The first-order valence-corrected chi connectivity index (χ1v) is 9.19. The smallest absolute Gasteiger partial charge is 0.223 e. The van der Waals surface area contributed by atoms with Crippen LogP contribution < -0.4 is 0 Å². The Hall–Kier alpha value is -2.29. The van der Waals surface area contributed by atoms with E-state index in [-0.39, 0.29) is 11.8 Å². The van der Waals surface area contributed by atoms with Crippen molar-refractivity contribution < 1.29 is 9.90 Å². The Kier molecular flexibility index (Phi) is 5.42. The summed E-state index contributed by atoms with van der Waals surface area (Å²) < 4.78 is 0. The van der Waals surface area contributed by atoms with E-state index in [2.05, 4.69) is 0 Å². The maximum atomic E-state index is 12.9. The number of amides is 1. The van der Waals surface area contributed by atoms with E-state index in [1.165, 1.54) is 6.42 Å². The number of benzene rings is 2. The zero-order chi connectivity index (χ0) is 17.8. The van der Waals surface area contributed by atoms with E-state index in [9.17, 15) is 9.90 Å². The zero-order valence-electron chi connectivity index (χ0n) is 15.2. The van der Waals surface area contributed by atoms with Crippen molar-refractivity contribution in [2.24, 2.45) is 0 Å². The predicted molar refractivity (Wildman–Crippen MR) is 101 cm³/mol. The summed E-state index contributed by atoms with van der Waals surface area (Å²) in [7, 11) is 0. The largest absolute Gasteiger partial charge is 0.507 e. The molecule has 25 heavy (non-hydrogen) atoms. The second-order valence-corrected chi connectivity index (χ2v) is 7.05. The van der Waals surface area contributed by atoms with Crippen LogP contribution in [-0.2, 0) is 4.79 Å². The monoisotopic (exact) mass is 337 g/mol. The highest BCUT2D eigenvalue weighted by atomic mass is 16.3. The van der Waals surface area contributed by atoms with Gasteiger partial charge in [0, 0.05) is 31.0 Å². The second-order valence-electron chi connectivity index (χ2n) is 7.05. The lowest BCUT2D eigenvalue weighted by Gasteiger charge is -2.29. The number of piperidine rings is 1. The van der Waals surface area contributed by atoms with Crippen molar-refractivity contribution in [2.45, 2.75) is 45.4 Å². The van der Waals surface area contributed by atoms with E-state index in [0.29, 0.717) is 12.2 Å². The molecular weight excluding hydrogens is 310 g/mol. The molecule has 2 aromatic rings. The molecule has 1 fully saturated rings. The van der Waals surface area contributed by atoms with Gasteiger partial charge in [-0.3, -0.25) is 4.79 Å². The number of aromatic hydroxyl groups is 1. The number of likely N-dealkylation sites (tertiary alicyclic amines) is 1. The topological polar surface area (TPSA) is 40.5 Å². The molecule has 1 saturated heterocycles. The molecule has 0 aliphatic carbocycles. The second kappa shape index (κ2) is 7.73. The van der Waals surface area contributed by atoms with Crippen LogP contribution in [-0.4, -0.2) is 29.0 Å². The van der Waals surface area contributed by atoms with Crippen molar-refractivity contribution in [3.8, 4) is 5.75 Å². The van der Waals surface area contributed by atoms with Gasteiger partial charge in [0.05, 0.1) is 0 Å². The van der Waals surface area contributed by atoms with Gasteiger partial charge in [-0.15, -0.1) is 0 Å². The summed E-state index contributed by atoms with van der Waals surface area (Å²) in [6.45, 7) is 5.65. The quantitative estimate of drug-likeness (QED) is 0.889. The minimum absolute atomic E-state index is 0.116. The summed E-state index contributed by atoms with van der Waals surface area (Å²) in [4.78, 5) is 14.8. The Morgan fingerprint density at radius 2 is 1.72 bits per heavy atom. The molecule has 1 atom stereocenters. The highest BCUT2D eigenvalue weighted by Crippen LogP contribution is 2.37. The van der Waals surface area contributed by atoms with Crippen LogP contribution in [0.3, 0.4) is 0 Å². The summed E-state index contributed by atoms with van der Waals surface area (Å²) in [6, 6.07) is 14.1. The fourth-order valence-corrected chi connectivity index (χ4v) is 3.64. The molecule has 3 rings (SSSR count). The number of carbonyl (C=O) groups excluding carboxylic acids is 1. The fourth-order valence-electron chi connectivity index (χ4n) is 3.64. The van der Waals surface area contributed by atoms with Crippen LogP contribution >= 0.6 is 0 Å². The van der Waals surface area contributed by atoms with Crippen LogP contribution in [0.1, 0.15) is 53.9 Å². The van der Waals surface area contributed by atoms with Crippen LogP contribution in [0, 0.1) is 13.8 Å². The maximum absolute atomic E-state index is 12.9. The van der Waals surface area contributed by atoms with Crippen LogP contribution in [0.5, 0.6) is 5.75 Å². The van der Waals surface area contributed by atoms with Crippen molar-refractivity contribution in [1.82, 2.24) is 4.90 Å². The zero-order valence-corrected chi connectivity index (χ0v) is 15.2. The number of phenolic OH excluding ortho intramolecular Hbond substituents is 1. The molecule has 0 spiro atoms. The van der Waals surface area contributed by atoms with E-state index < -0.39 is 0 Å². The number of phenols is 1. The summed E-state index contributed by atoms with van der Waals surface area (Å²) in [5.74, 6) is 0.390. The van der Waals surface area contributed by atoms with E-state index >= 15 is 0 Å². The number of nitrogens with zero attached hydrogens (tertiary/aromatic N) is 1. The molecule has 1 aliphatic heterocycles. The molecular formula is C22H27NO2. The van der Waals surface area contributed by atoms with Crippen molar-refractivity contribution in [3.05, 3.63) is 64.7 Å². The summed E-state index contributed by atoms with van der Waals surface area (Å²) >= 11 is 0. The number of aryl methyl sites for hydroxylation is 1. The van der Waals surface area contributed by atoms with Crippen LogP contribution in [0.25, 0.3) is 0 Å². The van der Waals surface area contributed by atoms with Gasteiger partial charge in [0.25, 0.3) is 0 Å². The Morgan fingerprint density at radius 1 is 1.04 bits per heavy atom. The third-order valence-electron chi connectivity index (χ3n) is 5.40. The van der Waals surface area contributed by atoms with Crippen LogP contribution in [0.4, 0.5) is 0 Å². The Labute approximate surface area is 150 Å². The molecule has 0 unspecified atom stereocenters. The van der Waals surface area contributed by atoms with Gasteiger partial charge in [0.15, 0.2) is 0 Å². The van der Waals surface area contributed by atoms with E-state index in [4.69, 9.17) is 0 Å². The molecule has 0 aromatic heterocycles. The van der Waals surface area contributed by atoms with Gasteiger partial charge in [-0.1, -0.05) is 42.5 Å². The lowest BCUT2D eigenvalue weighted by atomic mass is 9.85. The van der Waals surface area contributed by atoms with Crippen molar-refractivity contribution in [2.75, 3.05) is 13.1 Å². The molecule has 132 valence electrons. The molecule has 1 heterocycles. The number of hydrogen-bond acceptors (Lipinski definition) is 2. The standard InChI is InChI=1S/C22H27NO2/c1-16-11-12-19(22(25)17(16)2)20(18-9-5-3-6-10-18)15-21(24)23-13-7-4-8-14-23/h3,5-6,9-12,20,25H,4,7-8,13-15H2,1-2H3/t20-/m1/s1. The molecule has 0 bridgehead atoms. The molecule has 1 amide bonds. The van der Waals surface area contributed by atoms with Gasteiger partial charge in [0.2, 0.25) is 5.91 Å². The number of rotatable bonds is 4. The SMILES string of the molecule is Cc1ccc([C@H](CC(=O)N2CCCCC2)c2ccccc2)c(O)c1C. The van der Waals surface area contributed by atoms with Crippen molar-refractivity contribution >= 4 is 5.91 Å². The third-order valence-corrected chi connectivity index (χ3v) is 5.40. The van der Waals surface area contributed by atoms with Gasteiger partial charge >= 0.3 is 0 Å². The first kappa shape index (κ1) is 17.5. The van der Waals surface area contributed by atoms with Gasteiger partial charge in [-0.2, -0.15) is 0 Å². The highest BCUT2D eigenvalue weighted by Gasteiger charge is 2.25. The lowest BCUT2D eigenvalue weighted by Crippen LogP contribution is -2.36. The Bertz CT molecular complexity index is 733. The minimum atomic E-state index is -0.116. The van der Waals surface area contributed by atoms with Gasteiger partial charge < -0.3 is 10.0 Å². The predicted octanol–water partition coefficient (Wildman–Crippen LogP) is 4.54. The average molecular weight is 337 g/mol. The normalized spacial score (nSPS) is 15.8. The van der Waals surface area contributed by atoms with E-state index in [0.717, 1.165) is 48.2 Å². The summed E-state index contributed by atoms with van der Waals surface area (Å²) in [5.41, 5.74) is 3.88. The molecule has 3 nitrogen and oxygen atoms in total. The lowest BCUT2D eigenvalue weighted by molar-refractivity contribution is -0.132. The molecule has 0 saturated carbocycles. The fraction of sp³-hybridized carbons (Fsp3) is 0.409. The van der Waals surface area contributed by atoms with Gasteiger partial charge in [0.1, 0.15) is 5.75 Å². The minimum Gasteiger partial charge on any atom is -0.507 e. The van der Waals surface area contributed by atoms with Gasteiger partial charge in [-0.05, 0) is 49.8 Å². The molecule has 1 N–H and O–H groups in total. The van der Waals surface area contributed by atoms with Crippen molar-refractivity contribution in [1.29, 1.82) is 0 Å². The van der Waals surface area contributed by atoms with Gasteiger partial charge in [-0.25, -0.2) is 0 Å². The van der Waals surface area contributed by atoms with E-state index in [1.807, 2.05) is 61.2 Å². The first-order chi connectivity index (χ1) is 12.1. The van der Waals surface area contributed by atoms with E-state index in [1.54, 1.807) is 0 Å². The van der Waals surface area contributed by atoms with Crippen molar-refractivity contribution in [3.63, 3.8) is 0 Å². The molecule has 2 aromatic carbocycles. The molecule has 0 radical (unpaired) electrons. The summed E-state index contributed by atoms with van der Waals surface area (Å²) in [5, 5.41) is 10.7. The Morgan fingerprint density at radius 3 is 2.40 bits per heavy atom. The third kappa shape index (κ3) is 3.87. The molecule has 1 aliphatic rings. The Balaban J connectivity index is 1.93. The summed E-state index contributed by atoms with van der Waals surface area (Å²) in [6.07, 6.45) is 3.80. The first-order valence-electron chi connectivity index (χ1n) is 9.19. The van der Waals surface area contributed by atoms with Crippen LogP contribution in [0.2, 0.25) is 0 Å². The number of carbonyl (C=O) groups is 1. The maximum Gasteiger partial charge on any atom is 0.223 e. The van der Waals surface area contributed by atoms with Crippen LogP contribution in [0.15, 0.2) is 42.5 Å². The highest BCUT2D eigenvalue weighted by molar-refractivity contribution is 5.78. The number of hydrogen-bond donors (Lipinski definition) is 1. The average Bonchev–Trinajstić information content (AvgIpc) is 2.66.